The van der Waals surface area contributed by atoms with Gasteiger partial charge in [-0.2, -0.15) is 0 Å². The maximum atomic E-state index is 12.1. The van der Waals surface area contributed by atoms with E-state index in [1.54, 1.807) is 0 Å². The van der Waals surface area contributed by atoms with E-state index in [9.17, 15) is 9.59 Å². The van der Waals surface area contributed by atoms with E-state index in [0.29, 0.717) is 26.1 Å². The zero-order valence-electron chi connectivity index (χ0n) is 33.7. The average molecular weight is 720 g/mol. The van der Waals surface area contributed by atoms with E-state index in [1.807, 2.05) is 19.1 Å². The number of unbranched alkanes of at least 4 members (excludes halogenated alkanes) is 16. The minimum atomic E-state index is -0.183. The Bertz CT molecular complexity index is 787. The summed E-state index contributed by atoms with van der Waals surface area (Å²) in [4.78, 5) is 26.6. The number of nitrogens with zero attached hydrogens (tertiary/aromatic N) is 1. The average Bonchev–Trinajstić information content (AvgIpc) is 3.65. The molecule has 1 saturated heterocycles. The largest absolute Gasteiger partial charge is 0.461 e. The molecule has 0 amide bonds. The molecular formula is C44H81NO6. The van der Waals surface area contributed by atoms with E-state index in [2.05, 4.69) is 30.9 Å². The van der Waals surface area contributed by atoms with Crippen LogP contribution in [-0.2, 0) is 28.5 Å². The second kappa shape index (κ2) is 36.6. The van der Waals surface area contributed by atoms with Crippen molar-refractivity contribution in [1.29, 1.82) is 0 Å². The molecule has 1 rings (SSSR count). The lowest BCUT2D eigenvalue weighted by molar-refractivity contribution is -0.164. The number of carbonyl (C=O) groups is 2. The third-order valence-electron chi connectivity index (χ3n) is 9.83. The van der Waals surface area contributed by atoms with Crippen LogP contribution >= 0.6 is 0 Å². The van der Waals surface area contributed by atoms with Gasteiger partial charge in [-0.15, -0.1) is 0 Å². The van der Waals surface area contributed by atoms with E-state index < -0.39 is 0 Å². The molecule has 1 fully saturated rings. The van der Waals surface area contributed by atoms with Crippen molar-refractivity contribution in [2.45, 2.75) is 207 Å². The molecule has 0 radical (unpaired) electrons. The van der Waals surface area contributed by atoms with E-state index in [-0.39, 0.29) is 24.3 Å². The first-order chi connectivity index (χ1) is 25.0. The smallest absolute Gasteiger partial charge is 0.306 e. The zero-order valence-corrected chi connectivity index (χ0v) is 33.7. The number of esters is 2. The minimum absolute atomic E-state index is 0.0790. The summed E-state index contributed by atoms with van der Waals surface area (Å²) in [6.07, 6.45) is 38.2. The lowest BCUT2D eigenvalue weighted by atomic mass is 10.0. The Labute approximate surface area is 315 Å². The quantitative estimate of drug-likeness (QED) is 0.0274. The molecule has 0 aromatic rings. The second-order valence-corrected chi connectivity index (χ2v) is 14.7. The molecule has 1 heterocycles. The van der Waals surface area contributed by atoms with Gasteiger partial charge in [0.25, 0.3) is 0 Å². The Morgan fingerprint density at radius 1 is 0.588 bits per heavy atom. The first-order valence-electron chi connectivity index (χ1n) is 21.7. The van der Waals surface area contributed by atoms with E-state index in [0.717, 1.165) is 109 Å². The molecule has 0 saturated carbocycles. The monoisotopic (exact) mass is 720 g/mol. The third kappa shape index (κ3) is 32.7. The topological polar surface area (TPSA) is 74.3 Å². The molecule has 0 spiro atoms. The van der Waals surface area contributed by atoms with Gasteiger partial charge in [0, 0.05) is 19.4 Å². The van der Waals surface area contributed by atoms with Gasteiger partial charge in [-0.25, -0.2) is 0 Å². The predicted molar refractivity (Wildman–Crippen MR) is 213 cm³/mol. The van der Waals surface area contributed by atoms with Crippen LogP contribution in [0.25, 0.3) is 0 Å². The van der Waals surface area contributed by atoms with Crippen LogP contribution in [0.5, 0.6) is 0 Å². The number of ether oxygens (including phenoxy) is 4. The third-order valence-corrected chi connectivity index (χ3v) is 9.83. The van der Waals surface area contributed by atoms with E-state index in [1.165, 1.54) is 77.3 Å². The van der Waals surface area contributed by atoms with Crippen LogP contribution in [0.1, 0.15) is 194 Å². The number of carbonyl (C=O) groups excluding carboxylic acids is 2. The van der Waals surface area contributed by atoms with Crippen molar-refractivity contribution in [3.05, 3.63) is 24.3 Å². The summed E-state index contributed by atoms with van der Waals surface area (Å²) in [6.45, 7) is 11.6. The fourth-order valence-corrected chi connectivity index (χ4v) is 6.65. The highest BCUT2D eigenvalue weighted by molar-refractivity contribution is 5.69. The molecule has 298 valence electrons. The van der Waals surface area contributed by atoms with Crippen molar-refractivity contribution in [3.8, 4) is 0 Å². The van der Waals surface area contributed by atoms with Crippen LogP contribution in [-0.4, -0.2) is 68.7 Å². The molecule has 1 atom stereocenters. The first-order valence-corrected chi connectivity index (χ1v) is 21.7. The van der Waals surface area contributed by atoms with Gasteiger partial charge in [-0.1, -0.05) is 128 Å². The second-order valence-electron chi connectivity index (χ2n) is 14.7. The molecule has 1 aliphatic heterocycles. The highest BCUT2D eigenvalue weighted by Gasteiger charge is 2.15. The molecule has 0 bridgehead atoms. The fourth-order valence-electron chi connectivity index (χ4n) is 6.65. The van der Waals surface area contributed by atoms with Gasteiger partial charge in [0.15, 0.2) is 6.29 Å². The van der Waals surface area contributed by atoms with Crippen LogP contribution in [0.3, 0.4) is 0 Å². The van der Waals surface area contributed by atoms with Crippen LogP contribution in [0.15, 0.2) is 24.3 Å². The molecule has 51 heavy (non-hydrogen) atoms. The van der Waals surface area contributed by atoms with Gasteiger partial charge in [-0.3, -0.25) is 9.59 Å². The SMILES string of the molecule is CCCCCCC=CCOC(=O)CCCCCCCC(CCCCCCCC(=O)OCC=CCCCCCC)OC(C)OCCCN1CCCC1. The summed E-state index contributed by atoms with van der Waals surface area (Å²) < 4.78 is 23.2. The van der Waals surface area contributed by atoms with Gasteiger partial charge in [0.1, 0.15) is 13.2 Å². The van der Waals surface area contributed by atoms with Crippen LogP contribution in [0, 0.1) is 0 Å². The zero-order chi connectivity index (χ0) is 36.9. The number of hydrogen-bond donors (Lipinski definition) is 0. The summed E-state index contributed by atoms with van der Waals surface area (Å²) in [5, 5.41) is 0. The molecule has 7 nitrogen and oxygen atoms in total. The molecule has 1 unspecified atom stereocenters. The molecule has 0 N–H and O–H groups in total. The molecule has 0 aliphatic carbocycles. The number of rotatable bonds is 37. The van der Waals surface area contributed by atoms with E-state index in [4.69, 9.17) is 18.9 Å². The molecule has 1 aliphatic rings. The Kier molecular flexibility index (Phi) is 34.0. The van der Waals surface area contributed by atoms with Gasteiger partial charge >= 0.3 is 11.9 Å². The van der Waals surface area contributed by atoms with Crippen molar-refractivity contribution < 1.29 is 28.5 Å². The predicted octanol–water partition coefficient (Wildman–Crippen LogP) is 11.8. The van der Waals surface area contributed by atoms with Crippen molar-refractivity contribution in [3.63, 3.8) is 0 Å². The Morgan fingerprint density at radius 3 is 1.57 bits per heavy atom. The Balaban J connectivity index is 2.20. The van der Waals surface area contributed by atoms with Crippen molar-refractivity contribution in [2.24, 2.45) is 0 Å². The first kappa shape index (κ1) is 47.3. The minimum Gasteiger partial charge on any atom is -0.461 e. The fraction of sp³-hybridized carbons (Fsp3) is 0.864. The van der Waals surface area contributed by atoms with Crippen molar-refractivity contribution in [2.75, 3.05) is 39.5 Å². The van der Waals surface area contributed by atoms with Crippen LogP contribution in [0.2, 0.25) is 0 Å². The number of hydrogen-bond acceptors (Lipinski definition) is 7. The number of allylic oxidation sites excluding steroid dienone is 2. The molecule has 7 heteroatoms. The van der Waals surface area contributed by atoms with Gasteiger partial charge in [0.05, 0.1) is 12.7 Å². The Hall–Kier alpha value is -1.70. The van der Waals surface area contributed by atoms with Gasteiger partial charge in [0.2, 0.25) is 0 Å². The highest BCUT2D eigenvalue weighted by atomic mass is 16.7. The highest BCUT2D eigenvalue weighted by Crippen LogP contribution is 2.19. The maximum Gasteiger partial charge on any atom is 0.306 e. The summed E-state index contributed by atoms with van der Waals surface area (Å²) in [5.74, 6) is -0.158. The summed E-state index contributed by atoms with van der Waals surface area (Å²) in [6, 6.07) is 0. The number of likely N-dealkylation sites (tertiary alicyclic amines) is 1. The normalized spacial score (nSPS) is 14.9. The maximum absolute atomic E-state index is 12.1. The lowest BCUT2D eigenvalue weighted by Crippen LogP contribution is -2.25. The molecule has 0 aromatic carbocycles. The Morgan fingerprint density at radius 2 is 1.06 bits per heavy atom. The van der Waals surface area contributed by atoms with Crippen LogP contribution in [0.4, 0.5) is 0 Å². The standard InChI is InChI=1S/C44H81NO6/c1-4-6-8-10-12-20-28-38-49-43(46)33-24-18-14-16-22-31-42(51-41(3)48-40-30-37-45-35-26-27-36-45)32-23-17-15-19-25-34-44(47)50-39-29-21-13-11-9-7-5-2/h20-21,28-29,41-42H,4-19,22-27,30-40H2,1-3H3. The summed E-state index contributed by atoms with van der Waals surface area (Å²) in [7, 11) is 0. The van der Waals surface area contributed by atoms with E-state index >= 15 is 0 Å². The lowest BCUT2D eigenvalue weighted by Gasteiger charge is -2.23. The molecule has 0 aromatic heterocycles. The summed E-state index contributed by atoms with van der Waals surface area (Å²) in [5.41, 5.74) is 0. The van der Waals surface area contributed by atoms with Crippen LogP contribution < -0.4 is 0 Å². The summed E-state index contributed by atoms with van der Waals surface area (Å²) >= 11 is 0. The van der Waals surface area contributed by atoms with Crippen molar-refractivity contribution in [1.82, 2.24) is 4.90 Å². The molecular weight excluding hydrogens is 638 g/mol. The van der Waals surface area contributed by atoms with Gasteiger partial charge in [-0.05, 0) is 90.6 Å². The van der Waals surface area contributed by atoms with Gasteiger partial charge < -0.3 is 23.8 Å². The van der Waals surface area contributed by atoms with Crippen molar-refractivity contribution >= 4 is 11.9 Å².